The van der Waals surface area contributed by atoms with Crippen molar-refractivity contribution in [1.82, 2.24) is 0 Å². The Morgan fingerprint density at radius 3 is 2.44 bits per heavy atom. The van der Waals surface area contributed by atoms with Gasteiger partial charge in [-0.3, -0.25) is 0 Å². The SMILES string of the molecule is O[C@H](C#CBr)c1cccc(Oc2ccccc2)c1. The Hall–Kier alpha value is -1.76. The minimum Gasteiger partial charge on any atom is -0.457 e. The fourth-order valence-electron chi connectivity index (χ4n) is 1.51. The Morgan fingerprint density at radius 1 is 1.00 bits per heavy atom. The molecule has 0 amide bonds. The highest BCUT2D eigenvalue weighted by molar-refractivity contribution is 9.12. The van der Waals surface area contributed by atoms with Crippen LogP contribution < -0.4 is 4.74 Å². The van der Waals surface area contributed by atoms with Crippen molar-refractivity contribution in [2.75, 3.05) is 0 Å². The molecule has 90 valence electrons. The molecule has 0 fully saturated rings. The molecule has 2 rings (SSSR count). The Bertz CT molecular complexity index is 570. The summed E-state index contributed by atoms with van der Waals surface area (Å²) in [5.74, 6) is 4.05. The third kappa shape index (κ3) is 3.36. The van der Waals surface area contributed by atoms with E-state index in [-0.39, 0.29) is 0 Å². The lowest BCUT2D eigenvalue weighted by atomic mass is 10.1. The van der Waals surface area contributed by atoms with Gasteiger partial charge in [0.15, 0.2) is 0 Å². The molecule has 18 heavy (non-hydrogen) atoms. The lowest BCUT2D eigenvalue weighted by molar-refractivity contribution is 0.238. The van der Waals surface area contributed by atoms with Crippen molar-refractivity contribution in [3.8, 4) is 22.2 Å². The van der Waals surface area contributed by atoms with Crippen LogP contribution in [-0.4, -0.2) is 5.11 Å². The average Bonchev–Trinajstić information content (AvgIpc) is 2.40. The van der Waals surface area contributed by atoms with Gasteiger partial charge in [0.1, 0.15) is 17.6 Å². The molecule has 2 nitrogen and oxygen atoms in total. The van der Waals surface area contributed by atoms with E-state index in [2.05, 4.69) is 26.7 Å². The lowest BCUT2D eigenvalue weighted by Crippen LogP contribution is -1.94. The van der Waals surface area contributed by atoms with Gasteiger partial charge in [-0.15, -0.1) is 0 Å². The average molecular weight is 303 g/mol. The molecule has 0 saturated carbocycles. The van der Waals surface area contributed by atoms with Gasteiger partial charge in [0.2, 0.25) is 0 Å². The molecule has 0 aliphatic heterocycles. The first-order chi connectivity index (χ1) is 8.79. The molecule has 0 heterocycles. The van der Waals surface area contributed by atoms with Crippen LogP contribution in [0.15, 0.2) is 54.6 Å². The van der Waals surface area contributed by atoms with E-state index in [0.717, 1.165) is 5.75 Å². The van der Waals surface area contributed by atoms with E-state index in [1.165, 1.54) is 0 Å². The predicted octanol–water partition coefficient (Wildman–Crippen LogP) is 3.87. The molecule has 0 aliphatic carbocycles. The molecule has 3 heteroatoms. The van der Waals surface area contributed by atoms with Crippen LogP contribution >= 0.6 is 15.9 Å². The van der Waals surface area contributed by atoms with E-state index in [1.807, 2.05) is 42.5 Å². The third-order valence-electron chi connectivity index (χ3n) is 2.34. The van der Waals surface area contributed by atoms with Crippen LogP contribution in [0.25, 0.3) is 0 Å². The van der Waals surface area contributed by atoms with Crippen molar-refractivity contribution in [2.24, 2.45) is 0 Å². The number of para-hydroxylation sites is 1. The topological polar surface area (TPSA) is 29.5 Å². The fraction of sp³-hybridized carbons (Fsp3) is 0.0667. The van der Waals surface area contributed by atoms with Crippen molar-refractivity contribution < 1.29 is 9.84 Å². The highest BCUT2D eigenvalue weighted by atomic mass is 79.9. The summed E-state index contributed by atoms with van der Waals surface area (Å²) in [7, 11) is 0. The van der Waals surface area contributed by atoms with Crippen molar-refractivity contribution in [3.63, 3.8) is 0 Å². The number of hydrogen-bond donors (Lipinski definition) is 1. The number of ether oxygens (including phenoxy) is 1. The first-order valence-corrected chi connectivity index (χ1v) is 6.21. The maximum atomic E-state index is 9.75. The van der Waals surface area contributed by atoms with E-state index < -0.39 is 6.10 Å². The van der Waals surface area contributed by atoms with Gasteiger partial charge in [0.05, 0.1) is 0 Å². The summed E-state index contributed by atoms with van der Waals surface area (Å²) >= 11 is 2.97. The summed E-state index contributed by atoms with van der Waals surface area (Å²) in [5.41, 5.74) is 0.704. The lowest BCUT2D eigenvalue weighted by Gasteiger charge is -2.08. The van der Waals surface area contributed by atoms with E-state index in [0.29, 0.717) is 11.3 Å². The maximum absolute atomic E-state index is 9.75. The van der Waals surface area contributed by atoms with Crippen LogP contribution in [-0.2, 0) is 0 Å². The molecule has 1 N–H and O–H groups in total. The van der Waals surface area contributed by atoms with Gasteiger partial charge in [-0.1, -0.05) is 36.3 Å². The maximum Gasteiger partial charge on any atom is 0.141 e. The van der Waals surface area contributed by atoms with E-state index in [4.69, 9.17) is 4.74 Å². The minimum atomic E-state index is -0.816. The van der Waals surface area contributed by atoms with Gasteiger partial charge in [-0.2, -0.15) is 0 Å². The van der Waals surface area contributed by atoms with Gasteiger partial charge in [-0.25, -0.2) is 0 Å². The first kappa shape index (κ1) is 12.7. The van der Waals surface area contributed by atoms with Crippen LogP contribution in [0.2, 0.25) is 0 Å². The molecule has 0 unspecified atom stereocenters. The van der Waals surface area contributed by atoms with Crippen LogP contribution in [0, 0.1) is 10.8 Å². The molecule has 0 aromatic heterocycles. The van der Waals surface area contributed by atoms with Gasteiger partial charge >= 0.3 is 0 Å². The predicted molar refractivity (Wildman–Crippen MR) is 74.6 cm³/mol. The van der Waals surface area contributed by atoms with Gasteiger partial charge < -0.3 is 9.84 Å². The fourth-order valence-corrected chi connectivity index (χ4v) is 1.72. The Kier molecular flexibility index (Phi) is 4.40. The number of benzene rings is 2. The largest absolute Gasteiger partial charge is 0.457 e. The Balaban J connectivity index is 2.19. The zero-order valence-corrected chi connectivity index (χ0v) is 11.1. The van der Waals surface area contributed by atoms with E-state index in [9.17, 15) is 5.11 Å². The summed E-state index contributed by atoms with van der Waals surface area (Å²) < 4.78 is 5.68. The third-order valence-corrected chi connectivity index (χ3v) is 2.57. The number of halogens is 1. The molecule has 1 atom stereocenters. The van der Waals surface area contributed by atoms with Crippen LogP contribution in [0.1, 0.15) is 11.7 Å². The first-order valence-electron chi connectivity index (χ1n) is 5.41. The molecular weight excluding hydrogens is 292 g/mol. The second-order valence-electron chi connectivity index (χ2n) is 3.63. The molecule has 0 saturated heterocycles. The second kappa shape index (κ2) is 6.25. The second-order valence-corrected chi connectivity index (χ2v) is 4.03. The summed E-state index contributed by atoms with van der Waals surface area (Å²) in [6, 6.07) is 16.7. The van der Waals surface area contributed by atoms with E-state index in [1.54, 1.807) is 12.1 Å². The molecule has 0 radical (unpaired) electrons. The number of hydrogen-bond acceptors (Lipinski definition) is 2. The van der Waals surface area contributed by atoms with Gasteiger partial charge in [0.25, 0.3) is 0 Å². The summed E-state index contributed by atoms with van der Waals surface area (Å²) in [6.45, 7) is 0. The number of aliphatic hydroxyl groups is 1. The number of aliphatic hydroxyl groups excluding tert-OH is 1. The minimum absolute atomic E-state index is 0.675. The zero-order chi connectivity index (χ0) is 12.8. The smallest absolute Gasteiger partial charge is 0.141 e. The van der Waals surface area contributed by atoms with Crippen molar-refractivity contribution in [1.29, 1.82) is 0 Å². The molecule has 0 aliphatic rings. The van der Waals surface area contributed by atoms with Crippen molar-refractivity contribution in [3.05, 3.63) is 60.2 Å². The zero-order valence-electron chi connectivity index (χ0n) is 9.51. The molecule has 0 spiro atoms. The highest BCUT2D eigenvalue weighted by Crippen LogP contribution is 2.24. The summed E-state index contributed by atoms with van der Waals surface area (Å²) in [5, 5.41) is 9.75. The summed E-state index contributed by atoms with van der Waals surface area (Å²) in [6.07, 6.45) is -0.816. The summed E-state index contributed by atoms with van der Waals surface area (Å²) in [4.78, 5) is 2.51. The quantitative estimate of drug-likeness (QED) is 0.872. The Morgan fingerprint density at radius 2 is 1.72 bits per heavy atom. The molecule has 0 bridgehead atoms. The normalized spacial score (nSPS) is 11.2. The van der Waals surface area contributed by atoms with Gasteiger partial charge in [0, 0.05) is 15.9 Å². The molecule has 2 aromatic rings. The Labute approximate surface area is 114 Å². The van der Waals surface area contributed by atoms with Crippen LogP contribution in [0.4, 0.5) is 0 Å². The van der Waals surface area contributed by atoms with Crippen LogP contribution in [0.3, 0.4) is 0 Å². The highest BCUT2D eigenvalue weighted by Gasteiger charge is 2.05. The number of rotatable bonds is 3. The standard InChI is InChI=1S/C15H11BrO2/c16-10-9-15(17)12-5-4-8-14(11-12)18-13-6-2-1-3-7-13/h1-8,11,15,17H/t15-/m1/s1. The van der Waals surface area contributed by atoms with Crippen LogP contribution in [0.5, 0.6) is 11.5 Å². The van der Waals surface area contributed by atoms with Crippen molar-refractivity contribution in [2.45, 2.75) is 6.10 Å². The monoisotopic (exact) mass is 302 g/mol. The van der Waals surface area contributed by atoms with Crippen molar-refractivity contribution >= 4 is 15.9 Å². The van der Waals surface area contributed by atoms with E-state index >= 15 is 0 Å². The van der Waals surface area contributed by atoms with Gasteiger partial charge in [-0.05, 0) is 34.7 Å². The molecular formula is C15H11BrO2. The molecule has 2 aromatic carbocycles.